The molecule has 1 saturated heterocycles. The molecule has 1 aliphatic heterocycles. The molecule has 1 aromatic heterocycles. The summed E-state index contributed by atoms with van der Waals surface area (Å²) in [6.45, 7) is 4.00. The van der Waals surface area contributed by atoms with Gasteiger partial charge in [0, 0.05) is 55.7 Å². The van der Waals surface area contributed by atoms with Crippen LogP contribution in [0.15, 0.2) is 47.5 Å². The number of phenolic OH excluding ortho intramolecular Hbond substituents is 1. The van der Waals surface area contributed by atoms with Gasteiger partial charge in [-0.2, -0.15) is 23.1 Å². The van der Waals surface area contributed by atoms with Crippen molar-refractivity contribution < 1.29 is 18.3 Å². The number of hydrogen-bond acceptors (Lipinski definition) is 7. The maximum Gasteiger partial charge on any atom is 0.433 e. The van der Waals surface area contributed by atoms with Crippen LogP contribution in [0.2, 0.25) is 10.0 Å². The Hall–Kier alpha value is -3.32. The topological polar surface area (TPSA) is 115 Å². The first-order valence-electron chi connectivity index (χ1n) is 11.5. The van der Waals surface area contributed by atoms with Crippen LogP contribution in [0, 0.1) is 0 Å². The van der Waals surface area contributed by atoms with Crippen LogP contribution >= 0.6 is 23.2 Å². The van der Waals surface area contributed by atoms with Gasteiger partial charge in [0.1, 0.15) is 11.6 Å². The Labute approximate surface area is 227 Å². The van der Waals surface area contributed by atoms with Crippen molar-refractivity contribution in [1.29, 1.82) is 0 Å². The van der Waals surface area contributed by atoms with Crippen molar-refractivity contribution in [2.75, 3.05) is 43.9 Å². The Morgan fingerprint density at radius 1 is 1.03 bits per heavy atom. The molecule has 0 aliphatic carbocycles. The van der Waals surface area contributed by atoms with Crippen molar-refractivity contribution in [3.05, 3.63) is 63.8 Å². The van der Waals surface area contributed by atoms with E-state index in [4.69, 9.17) is 28.9 Å². The second-order valence-electron chi connectivity index (χ2n) is 8.74. The van der Waals surface area contributed by atoms with Crippen LogP contribution in [-0.4, -0.2) is 64.1 Å². The van der Waals surface area contributed by atoms with Gasteiger partial charge in [-0.15, -0.1) is 0 Å². The number of benzene rings is 2. The zero-order valence-corrected chi connectivity index (χ0v) is 21.7. The summed E-state index contributed by atoms with van der Waals surface area (Å²) in [5.41, 5.74) is 6.16. The highest BCUT2D eigenvalue weighted by Crippen LogP contribution is 2.32. The van der Waals surface area contributed by atoms with Gasteiger partial charge in [0.15, 0.2) is 5.69 Å². The Morgan fingerprint density at radius 2 is 1.74 bits per heavy atom. The number of alkyl halides is 3. The maximum atomic E-state index is 13.6. The summed E-state index contributed by atoms with van der Waals surface area (Å²) < 4.78 is 40.7. The van der Waals surface area contributed by atoms with Gasteiger partial charge in [-0.3, -0.25) is 4.90 Å². The molecule has 1 fully saturated rings. The molecule has 38 heavy (non-hydrogen) atoms. The number of nitrogens with one attached hydrogen (secondary N) is 2. The Bertz CT molecular complexity index is 1330. The van der Waals surface area contributed by atoms with Gasteiger partial charge in [0.25, 0.3) is 5.95 Å². The molecule has 0 saturated carbocycles. The van der Waals surface area contributed by atoms with E-state index < -0.39 is 17.8 Å². The van der Waals surface area contributed by atoms with E-state index in [0.29, 0.717) is 28.5 Å². The molecule has 2 aromatic carbocycles. The number of rotatable bonds is 6. The van der Waals surface area contributed by atoms with Crippen LogP contribution in [0.1, 0.15) is 11.3 Å². The molecule has 1 aliphatic rings. The van der Waals surface area contributed by atoms with E-state index in [1.54, 1.807) is 18.2 Å². The van der Waals surface area contributed by atoms with E-state index in [9.17, 15) is 18.3 Å². The highest BCUT2D eigenvalue weighted by Gasteiger charge is 2.34. The van der Waals surface area contributed by atoms with Gasteiger partial charge in [-0.05, 0) is 43.4 Å². The number of hydrogen-bond donors (Lipinski definition) is 4. The average Bonchev–Trinajstić information content (AvgIpc) is 2.84. The molecular formula is C24H25Cl2F3N8O. The van der Waals surface area contributed by atoms with Gasteiger partial charge < -0.3 is 26.4 Å². The molecule has 3 aromatic rings. The molecule has 9 nitrogen and oxygen atoms in total. The SMILES string of the molecule is CN1CCN(Cc2cc(Nc3cc(C(F)(F)F)nc(N=C(N)Nc4ccc(Cl)c(Cl)c4)n3)ccc2O)CC1. The van der Waals surface area contributed by atoms with Gasteiger partial charge in [0.2, 0.25) is 5.96 Å². The minimum Gasteiger partial charge on any atom is -0.508 e. The largest absolute Gasteiger partial charge is 0.508 e. The van der Waals surface area contributed by atoms with E-state index in [1.165, 1.54) is 18.2 Å². The number of aromatic hydroxyl groups is 1. The van der Waals surface area contributed by atoms with E-state index in [0.717, 1.165) is 32.2 Å². The number of halogens is 5. The normalized spacial score (nSPS) is 15.5. The number of nitrogens with two attached hydrogens (primary N) is 1. The predicted molar refractivity (Wildman–Crippen MR) is 143 cm³/mol. The molecule has 0 bridgehead atoms. The Morgan fingerprint density at radius 3 is 2.42 bits per heavy atom. The molecule has 0 amide bonds. The molecule has 14 heteroatoms. The smallest absolute Gasteiger partial charge is 0.433 e. The third-order valence-corrected chi connectivity index (χ3v) is 6.50. The molecule has 5 N–H and O–H groups in total. The second-order valence-corrected chi connectivity index (χ2v) is 9.55. The van der Waals surface area contributed by atoms with Gasteiger partial charge >= 0.3 is 6.18 Å². The maximum absolute atomic E-state index is 13.6. The van der Waals surface area contributed by atoms with Crippen LogP contribution in [0.3, 0.4) is 0 Å². The van der Waals surface area contributed by atoms with E-state index in [-0.39, 0.29) is 22.5 Å². The van der Waals surface area contributed by atoms with Crippen molar-refractivity contribution in [2.24, 2.45) is 10.7 Å². The van der Waals surface area contributed by atoms with E-state index >= 15 is 0 Å². The number of aliphatic imine (C=N–C) groups is 1. The van der Waals surface area contributed by atoms with Crippen LogP contribution in [0.25, 0.3) is 0 Å². The minimum absolute atomic E-state index is 0.0968. The summed E-state index contributed by atoms with van der Waals surface area (Å²) in [5, 5.41) is 16.5. The monoisotopic (exact) mass is 568 g/mol. The third kappa shape index (κ3) is 7.38. The molecular weight excluding hydrogens is 544 g/mol. The van der Waals surface area contributed by atoms with E-state index in [2.05, 4.69) is 35.4 Å². The molecule has 202 valence electrons. The zero-order valence-electron chi connectivity index (χ0n) is 20.2. The quantitative estimate of drug-likeness (QED) is 0.185. The molecule has 0 spiro atoms. The Kier molecular flexibility index (Phi) is 8.46. The zero-order chi connectivity index (χ0) is 27.4. The first-order chi connectivity index (χ1) is 18.0. The first-order valence-corrected chi connectivity index (χ1v) is 12.2. The lowest BCUT2D eigenvalue weighted by Crippen LogP contribution is -2.43. The van der Waals surface area contributed by atoms with E-state index in [1.807, 2.05) is 7.05 Å². The summed E-state index contributed by atoms with van der Waals surface area (Å²) in [5.74, 6) is -0.819. The number of piperazine rings is 1. The minimum atomic E-state index is -4.75. The van der Waals surface area contributed by atoms with Crippen molar-refractivity contribution >= 4 is 52.3 Å². The highest BCUT2D eigenvalue weighted by molar-refractivity contribution is 6.42. The molecule has 0 atom stereocenters. The molecule has 0 radical (unpaired) electrons. The van der Waals surface area contributed by atoms with Crippen molar-refractivity contribution in [3.63, 3.8) is 0 Å². The number of nitrogens with zero attached hydrogens (tertiary/aromatic N) is 5. The van der Waals surface area contributed by atoms with Crippen LogP contribution < -0.4 is 16.4 Å². The number of likely N-dealkylation sites (N-methyl/N-ethyl adjacent to an activating group) is 1. The summed E-state index contributed by atoms with van der Waals surface area (Å²) in [4.78, 5) is 15.9. The predicted octanol–water partition coefficient (Wildman–Crippen LogP) is 5.06. The Balaban J connectivity index is 1.57. The number of phenols is 1. The highest BCUT2D eigenvalue weighted by atomic mass is 35.5. The lowest BCUT2D eigenvalue weighted by Gasteiger charge is -2.32. The molecule has 2 heterocycles. The summed E-state index contributed by atoms with van der Waals surface area (Å²) in [6.07, 6.45) is -4.75. The van der Waals surface area contributed by atoms with Crippen LogP contribution in [0.5, 0.6) is 5.75 Å². The third-order valence-electron chi connectivity index (χ3n) is 5.76. The summed E-state index contributed by atoms with van der Waals surface area (Å²) in [7, 11) is 2.05. The lowest BCUT2D eigenvalue weighted by atomic mass is 10.1. The van der Waals surface area contributed by atoms with Crippen molar-refractivity contribution in [3.8, 4) is 5.75 Å². The summed E-state index contributed by atoms with van der Waals surface area (Å²) >= 11 is 11.9. The number of aromatic nitrogens is 2. The standard InChI is InChI=1S/C24H25Cl2F3N8O/c1-36-6-8-37(9-7-36)13-14-10-15(3-5-19(14)38)31-21-12-20(24(27,28)29)33-23(34-21)35-22(30)32-16-2-4-17(25)18(26)11-16/h2-5,10-12,38H,6-9,13H2,1H3,(H4,30,31,32,33,34,35). The van der Waals surface area contributed by atoms with Crippen LogP contribution in [-0.2, 0) is 12.7 Å². The molecule has 4 rings (SSSR count). The lowest BCUT2D eigenvalue weighted by molar-refractivity contribution is -0.141. The number of anilines is 3. The van der Waals surface area contributed by atoms with Gasteiger partial charge in [0.05, 0.1) is 10.0 Å². The van der Waals surface area contributed by atoms with Crippen molar-refractivity contribution in [2.45, 2.75) is 12.7 Å². The van der Waals surface area contributed by atoms with Gasteiger partial charge in [-0.1, -0.05) is 23.2 Å². The fraction of sp³-hybridized carbons (Fsp3) is 0.292. The molecule has 0 unspecified atom stereocenters. The van der Waals surface area contributed by atoms with Crippen LogP contribution in [0.4, 0.5) is 36.3 Å². The second kappa shape index (κ2) is 11.6. The van der Waals surface area contributed by atoms with Gasteiger partial charge in [-0.25, -0.2) is 4.98 Å². The van der Waals surface area contributed by atoms with Crippen molar-refractivity contribution in [1.82, 2.24) is 19.8 Å². The fourth-order valence-electron chi connectivity index (χ4n) is 3.74. The summed E-state index contributed by atoms with van der Waals surface area (Å²) in [6, 6.07) is 10.1. The average molecular weight is 569 g/mol. The first kappa shape index (κ1) is 27.7. The fourth-order valence-corrected chi connectivity index (χ4v) is 4.03. The number of guanidine groups is 1.